The van der Waals surface area contributed by atoms with Gasteiger partial charge in [0.1, 0.15) is 0 Å². The molecule has 17 heavy (non-hydrogen) atoms. The lowest BCUT2D eigenvalue weighted by molar-refractivity contribution is 0.533. The zero-order chi connectivity index (χ0) is 12.0. The molecule has 0 amide bonds. The molecule has 0 aromatic carbocycles. The maximum atomic E-state index is 11.5. The molecule has 6 heteroatoms. The average Bonchev–Trinajstić information content (AvgIpc) is 2.65. The van der Waals surface area contributed by atoms with Crippen molar-refractivity contribution >= 4 is 15.1 Å². The van der Waals surface area contributed by atoms with Gasteiger partial charge in [-0.3, -0.25) is 0 Å². The molecule has 3 N–H and O–H groups in total. The molecular formula is C11H13N3O2S. The topological polar surface area (TPSA) is 84.6 Å². The number of sulfonamides is 1. The minimum absolute atomic E-state index is 0.0428. The SMILES string of the molecule is NS(=O)(=O)C1=NC=CC2C1NC1C=CC=CC12. The zero-order valence-electron chi connectivity index (χ0n) is 9.02. The molecule has 0 saturated carbocycles. The standard InChI is InChI=1S/C11H13N3O2S/c12-17(15,16)11-10-8(5-6-13-11)7-3-1-2-4-9(7)14-10/h1-10,14H,(H2,12,15,16). The van der Waals surface area contributed by atoms with E-state index in [1.54, 1.807) is 0 Å². The highest BCUT2D eigenvalue weighted by molar-refractivity contribution is 8.04. The summed E-state index contributed by atoms with van der Waals surface area (Å²) < 4.78 is 22.9. The molecule has 4 atom stereocenters. The largest absolute Gasteiger partial charge is 0.301 e. The molecule has 0 bridgehead atoms. The molecule has 4 unspecified atom stereocenters. The highest BCUT2D eigenvalue weighted by Crippen LogP contribution is 2.35. The van der Waals surface area contributed by atoms with Crippen molar-refractivity contribution in [3.8, 4) is 0 Å². The molecule has 1 saturated heterocycles. The lowest BCUT2D eigenvalue weighted by Crippen LogP contribution is -2.44. The Morgan fingerprint density at radius 3 is 2.71 bits per heavy atom. The monoisotopic (exact) mass is 251 g/mol. The molecular weight excluding hydrogens is 238 g/mol. The number of hydrogen-bond donors (Lipinski definition) is 2. The van der Waals surface area contributed by atoms with Gasteiger partial charge in [0.25, 0.3) is 10.0 Å². The van der Waals surface area contributed by atoms with Gasteiger partial charge in [-0.2, -0.15) is 0 Å². The third kappa shape index (κ3) is 1.69. The van der Waals surface area contributed by atoms with Gasteiger partial charge in [-0.15, -0.1) is 0 Å². The Bertz CT molecular complexity index is 559. The van der Waals surface area contributed by atoms with Crippen LogP contribution in [0.25, 0.3) is 0 Å². The first-order chi connectivity index (χ1) is 8.07. The number of nitrogens with two attached hydrogens (primary N) is 1. The number of fused-ring (bicyclic) bond motifs is 3. The number of primary sulfonamides is 1. The van der Waals surface area contributed by atoms with Crippen LogP contribution in [0.5, 0.6) is 0 Å². The third-order valence-corrected chi connectivity index (χ3v) is 4.39. The first kappa shape index (κ1) is 10.9. The fourth-order valence-corrected chi connectivity index (χ4v) is 3.51. The third-order valence-electron chi connectivity index (χ3n) is 3.45. The lowest BCUT2D eigenvalue weighted by atomic mass is 9.84. The van der Waals surface area contributed by atoms with Crippen LogP contribution in [-0.2, 0) is 10.0 Å². The summed E-state index contributed by atoms with van der Waals surface area (Å²) in [6.07, 6.45) is 11.6. The minimum Gasteiger partial charge on any atom is -0.301 e. The van der Waals surface area contributed by atoms with Gasteiger partial charge in [0.15, 0.2) is 5.04 Å². The lowest BCUT2D eigenvalue weighted by Gasteiger charge is -2.22. The Hall–Kier alpha value is -1.24. The van der Waals surface area contributed by atoms with E-state index < -0.39 is 10.0 Å². The van der Waals surface area contributed by atoms with Gasteiger partial charge in [-0.25, -0.2) is 18.5 Å². The van der Waals surface area contributed by atoms with Crippen molar-refractivity contribution in [2.45, 2.75) is 12.1 Å². The summed E-state index contributed by atoms with van der Waals surface area (Å²) in [6, 6.07) is -0.151. The molecule has 3 aliphatic rings. The van der Waals surface area contributed by atoms with Crippen LogP contribution in [0.1, 0.15) is 0 Å². The summed E-state index contributed by atoms with van der Waals surface area (Å²) in [5, 5.41) is 8.50. The van der Waals surface area contributed by atoms with Crippen LogP contribution in [0.15, 0.2) is 41.6 Å². The van der Waals surface area contributed by atoms with E-state index in [1.165, 1.54) is 6.20 Å². The van der Waals surface area contributed by atoms with E-state index in [0.29, 0.717) is 0 Å². The number of nitrogens with zero attached hydrogens (tertiary/aromatic N) is 1. The van der Waals surface area contributed by atoms with Crippen molar-refractivity contribution in [1.82, 2.24) is 5.32 Å². The molecule has 2 aliphatic heterocycles. The smallest absolute Gasteiger partial charge is 0.253 e. The van der Waals surface area contributed by atoms with Crippen molar-refractivity contribution in [3.05, 3.63) is 36.6 Å². The van der Waals surface area contributed by atoms with Crippen molar-refractivity contribution in [2.75, 3.05) is 0 Å². The average molecular weight is 251 g/mol. The number of hydrogen-bond acceptors (Lipinski definition) is 4. The summed E-state index contributed by atoms with van der Waals surface area (Å²) >= 11 is 0. The Morgan fingerprint density at radius 2 is 1.94 bits per heavy atom. The zero-order valence-corrected chi connectivity index (χ0v) is 9.84. The summed E-state index contributed by atoms with van der Waals surface area (Å²) in [5.74, 6) is 0.375. The van der Waals surface area contributed by atoms with E-state index in [9.17, 15) is 8.42 Å². The number of allylic oxidation sites excluding steroid dienone is 2. The fourth-order valence-electron chi connectivity index (χ4n) is 2.72. The highest BCUT2D eigenvalue weighted by atomic mass is 32.2. The minimum atomic E-state index is -3.73. The van der Waals surface area contributed by atoms with Crippen molar-refractivity contribution in [2.24, 2.45) is 22.0 Å². The molecule has 0 spiro atoms. The second-order valence-electron chi connectivity index (χ2n) is 4.45. The number of rotatable bonds is 0. The predicted molar refractivity (Wildman–Crippen MR) is 65.7 cm³/mol. The molecule has 5 nitrogen and oxygen atoms in total. The van der Waals surface area contributed by atoms with Crippen molar-refractivity contribution in [1.29, 1.82) is 0 Å². The van der Waals surface area contributed by atoms with E-state index in [0.717, 1.165) is 0 Å². The summed E-state index contributed by atoms with van der Waals surface area (Å²) in [4.78, 5) is 3.91. The molecule has 1 aliphatic carbocycles. The molecule has 2 heterocycles. The molecule has 0 aromatic heterocycles. The van der Waals surface area contributed by atoms with Crippen LogP contribution in [-0.4, -0.2) is 25.5 Å². The van der Waals surface area contributed by atoms with Gasteiger partial charge >= 0.3 is 0 Å². The number of nitrogens with one attached hydrogen (secondary N) is 1. The summed E-state index contributed by atoms with van der Waals surface area (Å²) in [7, 11) is -3.73. The van der Waals surface area contributed by atoms with E-state index in [-0.39, 0.29) is 29.0 Å². The van der Waals surface area contributed by atoms with Gasteiger partial charge in [0.2, 0.25) is 0 Å². The van der Waals surface area contributed by atoms with E-state index in [1.807, 2.05) is 24.3 Å². The van der Waals surface area contributed by atoms with Crippen LogP contribution in [0.3, 0.4) is 0 Å². The predicted octanol–water partition coefficient (Wildman–Crippen LogP) is -0.100. The first-order valence-corrected chi connectivity index (χ1v) is 7.00. The Labute approximate surface area is 99.8 Å². The van der Waals surface area contributed by atoms with E-state index in [2.05, 4.69) is 16.4 Å². The van der Waals surface area contributed by atoms with Gasteiger partial charge < -0.3 is 5.32 Å². The number of aliphatic imine (C=N–C) groups is 1. The fraction of sp³-hybridized carbons (Fsp3) is 0.364. The first-order valence-electron chi connectivity index (χ1n) is 5.45. The van der Waals surface area contributed by atoms with Gasteiger partial charge in [0.05, 0.1) is 6.04 Å². The molecule has 1 fully saturated rings. The van der Waals surface area contributed by atoms with Crippen LogP contribution in [0, 0.1) is 11.8 Å². The van der Waals surface area contributed by atoms with Crippen molar-refractivity contribution in [3.63, 3.8) is 0 Å². The van der Waals surface area contributed by atoms with Gasteiger partial charge in [-0.1, -0.05) is 30.4 Å². The maximum absolute atomic E-state index is 11.5. The Kier molecular flexibility index (Phi) is 2.32. The molecule has 90 valence electrons. The van der Waals surface area contributed by atoms with Crippen LogP contribution < -0.4 is 10.5 Å². The highest BCUT2D eigenvalue weighted by Gasteiger charge is 2.45. The Morgan fingerprint density at radius 1 is 1.18 bits per heavy atom. The summed E-state index contributed by atoms with van der Waals surface area (Å²) in [6.45, 7) is 0. The van der Waals surface area contributed by atoms with Crippen LogP contribution >= 0.6 is 0 Å². The van der Waals surface area contributed by atoms with Crippen LogP contribution in [0.4, 0.5) is 0 Å². The Balaban J connectivity index is 2.00. The van der Waals surface area contributed by atoms with E-state index in [4.69, 9.17) is 5.14 Å². The maximum Gasteiger partial charge on any atom is 0.253 e. The normalized spacial score (nSPS) is 38.8. The van der Waals surface area contributed by atoms with Crippen molar-refractivity contribution < 1.29 is 8.42 Å². The van der Waals surface area contributed by atoms with Gasteiger partial charge in [-0.05, 0) is 0 Å². The second-order valence-corrected chi connectivity index (χ2v) is 5.96. The summed E-state index contributed by atoms with van der Waals surface area (Å²) in [5.41, 5.74) is 0. The molecule has 3 rings (SSSR count). The quantitative estimate of drug-likeness (QED) is 0.630. The van der Waals surface area contributed by atoms with Gasteiger partial charge in [0, 0.05) is 24.1 Å². The molecule has 0 radical (unpaired) electrons. The van der Waals surface area contributed by atoms with E-state index >= 15 is 0 Å². The molecule has 0 aromatic rings. The van der Waals surface area contributed by atoms with Crippen LogP contribution in [0.2, 0.25) is 0 Å². The second kappa shape index (κ2) is 3.63.